The van der Waals surface area contributed by atoms with Crippen molar-refractivity contribution in [1.82, 2.24) is 10.6 Å². The Morgan fingerprint density at radius 1 is 1.26 bits per heavy atom. The summed E-state index contributed by atoms with van der Waals surface area (Å²) >= 11 is 0. The predicted octanol–water partition coefficient (Wildman–Crippen LogP) is 1.52. The minimum Gasteiger partial charge on any atom is -0.481 e. The normalized spacial score (nSPS) is 23.3. The molecule has 5 heteroatoms. The molecule has 5 nitrogen and oxygen atoms in total. The van der Waals surface area contributed by atoms with Gasteiger partial charge in [0, 0.05) is 12.1 Å². The van der Waals surface area contributed by atoms with Gasteiger partial charge in [-0.1, -0.05) is 20.3 Å². The summed E-state index contributed by atoms with van der Waals surface area (Å²) in [7, 11) is 0. The SMILES string of the molecule is CCC(CC)NC(=O)CNC1CCCC(C(=O)O)C1. The zero-order valence-corrected chi connectivity index (χ0v) is 11.9. The molecule has 0 spiro atoms. The van der Waals surface area contributed by atoms with E-state index in [1.807, 2.05) is 0 Å². The molecule has 0 saturated heterocycles. The third-order valence-corrected chi connectivity index (χ3v) is 3.93. The second kappa shape index (κ2) is 8.15. The quantitative estimate of drug-likeness (QED) is 0.655. The molecule has 19 heavy (non-hydrogen) atoms. The second-order valence-electron chi connectivity index (χ2n) is 5.36. The minimum absolute atomic E-state index is 0.00569. The van der Waals surface area contributed by atoms with E-state index in [1.165, 1.54) is 0 Å². The van der Waals surface area contributed by atoms with Crippen molar-refractivity contribution in [3.63, 3.8) is 0 Å². The van der Waals surface area contributed by atoms with Crippen LogP contribution in [0, 0.1) is 5.92 Å². The molecule has 110 valence electrons. The van der Waals surface area contributed by atoms with Crippen molar-refractivity contribution in [3.05, 3.63) is 0 Å². The van der Waals surface area contributed by atoms with Gasteiger partial charge in [0.05, 0.1) is 12.5 Å². The highest BCUT2D eigenvalue weighted by atomic mass is 16.4. The smallest absolute Gasteiger partial charge is 0.306 e. The van der Waals surface area contributed by atoms with Gasteiger partial charge in [0.1, 0.15) is 0 Å². The number of nitrogens with one attached hydrogen (secondary N) is 2. The highest BCUT2D eigenvalue weighted by Crippen LogP contribution is 2.24. The molecule has 0 bridgehead atoms. The number of rotatable bonds is 7. The van der Waals surface area contributed by atoms with E-state index in [2.05, 4.69) is 24.5 Å². The van der Waals surface area contributed by atoms with E-state index in [0.29, 0.717) is 6.42 Å². The average Bonchev–Trinajstić information content (AvgIpc) is 2.42. The van der Waals surface area contributed by atoms with Crippen LogP contribution < -0.4 is 10.6 Å². The molecule has 2 atom stereocenters. The van der Waals surface area contributed by atoms with Crippen molar-refractivity contribution >= 4 is 11.9 Å². The zero-order valence-electron chi connectivity index (χ0n) is 11.9. The number of carboxylic acids is 1. The minimum atomic E-state index is -0.715. The third kappa shape index (κ3) is 5.59. The van der Waals surface area contributed by atoms with E-state index in [1.54, 1.807) is 0 Å². The Morgan fingerprint density at radius 2 is 1.95 bits per heavy atom. The summed E-state index contributed by atoms with van der Waals surface area (Å²) in [4.78, 5) is 22.7. The van der Waals surface area contributed by atoms with Gasteiger partial charge in [-0.3, -0.25) is 9.59 Å². The maximum absolute atomic E-state index is 11.7. The summed E-state index contributed by atoms with van der Waals surface area (Å²) in [5, 5.41) is 15.2. The van der Waals surface area contributed by atoms with E-state index < -0.39 is 5.97 Å². The van der Waals surface area contributed by atoms with Crippen molar-refractivity contribution in [2.75, 3.05) is 6.54 Å². The molecule has 0 aromatic rings. The van der Waals surface area contributed by atoms with Gasteiger partial charge in [-0.25, -0.2) is 0 Å². The van der Waals surface area contributed by atoms with Crippen LogP contribution in [-0.4, -0.2) is 35.6 Å². The Kier molecular flexibility index (Phi) is 6.84. The zero-order chi connectivity index (χ0) is 14.3. The molecule has 1 aliphatic carbocycles. The van der Waals surface area contributed by atoms with Crippen molar-refractivity contribution in [2.24, 2.45) is 5.92 Å². The molecule has 1 amide bonds. The molecular formula is C14H26N2O3. The lowest BCUT2D eigenvalue weighted by molar-refractivity contribution is -0.143. The maximum Gasteiger partial charge on any atom is 0.306 e. The van der Waals surface area contributed by atoms with E-state index in [9.17, 15) is 9.59 Å². The summed E-state index contributed by atoms with van der Waals surface area (Å²) in [6.07, 6.45) is 5.14. The Bertz CT molecular complexity index is 303. The number of carbonyl (C=O) groups excluding carboxylic acids is 1. The fourth-order valence-electron chi connectivity index (χ4n) is 2.61. The molecule has 2 unspecified atom stereocenters. The molecule has 3 N–H and O–H groups in total. The van der Waals surface area contributed by atoms with E-state index in [-0.39, 0.29) is 30.5 Å². The highest BCUT2D eigenvalue weighted by molar-refractivity contribution is 5.78. The monoisotopic (exact) mass is 270 g/mol. The van der Waals surface area contributed by atoms with Gasteiger partial charge >= 0.3 is 5.97 Å². The van der Waals surface area contributed by atoms with E-state index >= 15 is 0 Å². The van der Waals surface area contributed by atoms with Crippen LogP contribution in [0.4, 0.5) is 0 Å². The lowest BCUT2D eigenvalue weighted by Crippen LogP contribution is -2.44. The second-order valence-corrected chi connectivity index (χ2v) is 5.36. The van der Waals surface area contributed by atoms with Gasteiger partial charge in [-0.05, 0) is 32.1 Å². The van der Waals surface area contributed by atoms with Crippen LogP contribution in [0.3, 0.4) is 0 Å². The number of carbonyl (C=O) groups is 2. The molecule has 1 fully saturated rings. The number of amides is 1. The summed E-state index contributed by atoms with van der Waals surface area (Å²) < 4.78 is 0. The number of hydrogen-bond acceptors (Lipinski definition) is 3. The first-order chi connectivity index (χ1) is 9.06. The summed E-state index contributed by atoms with van der Waals surface area (Å²) in [5.41, 5.74) is 0. The van der Waals surface area contributed by atoms with Crippen molar-refractivity contribution < 1.29 is 14.7 Å². The fraction of sp³-hybridized carbons (Fsp3) is 0.857. The van der Waals surface area contributed by atoms with Crippen LogP contribution >= 0.6 is 0 Å². The molecule has 0 aromatic heterocycles. The van der Waals surface area contributed by atoms with Crippen LogP contribution in [0.15, 0.2) is 0 Å². The fourth-order valence-corrected chi connectivity index (χ4v) is 2.61. The number of hydrogen-bond donors (Lipinski definition) is 3. The summed E-state index contributed by atoms with van der Waals surface area (Å²) in [5.74, 6) is -0.965. The topological polar surface area (TPSA) is 78.4 Å². The molecular weight excluding hydrogens is 244 g/mol. The van der Waals surface area contributed by atoms with Crippen LogP contribution in [0.25, 0.3) is 0 Å². The first kappa shape index (κ1) is 16.0. The first-order valence-corrected chi connectivity index (χ1v) is 7.32. The standard InChI is InChI=1S/C14H26N2O3/c1-3-11(4-2)16-13(17)9-15-12-7-5-6-10(8-12)14(18)19/h10-12,15H,3-9H2,1-2H3,(H,16,17)(H,18,19). The van der Waals surface area contributed by atoms with Gasteiger partial charge in [0.2, 0.25) is 5.91 Å². The Balaban J connectivity index is 2.28. The molecule has 1 saturated carbocycles. The van der Waals surface area contributed by atoms with Crippen molar-refractivity contribution in [1.29, 1.82) is 0 Å². The van der Waals surface area contributed by atoms with Crippen molar-refractivity contribution in [2.45, 2.75) is 64.5 Å². The molecule has 0 aliphatic heterocycles. The van der Waals surface area contributed by atoms with Gasteiger partial charge < -0.3 is 15.7 Å². The Labute approximate surface area is 115 Å². The van der Waals surface area contributed by atoms with Crippen LogP contribution in [0.2, 0.25) is 0 Å². The van der Waals surface area contributed by atoms with E-state index in [0.717, 1.165) is 32.1 Å². The average molecular weight is 270 g/mol. The maximum atomic E-state index is 11.7. The van der Waals surface area contributed by atoms with Gasteiger partial charge in [-0.15, -0.1) is 0 Å². The first-order valence-electron chi connectivity index (χ1n) is 7.32. The molecule has 0 aromatic carbocycles. The highest BCUT2D eigenvalue weighted by Gasteiger charge is 2.26. The number of carboxylic acid groups (broad SMARTS) is 1. The molecule has 0 heterocycles. The largest absolute Gasteiger partial charge is 0.481 e. The summed E-state index contributed by atoms with van der Waals surface area (Å²) in [6, 6.07) is 0.398. The Morgan fingerprint density at radius 3 is 2.53 bits per heavy atom. The molecule has 0 radical (unpaired) electrons. The van der Waals surface area contributed by atoms with Gasteiger partial charge in [0.15, 0.2) is 0 Å². The van der Waals surface area contributed by atoms with Gasteiger partial charge in [0.25, 0.3) is 0 Å². The lowest BCUT2D eigenvalue weighted by Gasteiger charge is -2.27. The van der Waals surface area contributed by atoms with Crippen molar-refractivity contribution in [3.8, 4) is 0 Å². The Hall–Kier alpha value is -1.10. The predicted molar refractivity (Wildman–Crippen MR) is 73.9 cm³/mol. The van der Waals surface area contributed by atoms with Crippen LogP contribution in [0.1, 0.15) is 52.4 Å². The van der Waals surface area contributed by atoms with Gasteiger partial charge in [-0.2, -0.15) is 0 Å². The molecule has 1 rings (SSSR count). The van der Waals surface area contributed by atoms with E-state index in [4.69, 9.17) is 5.11 Å². The number of aliphatic carboxylic acids is 1. The summed E-state index contributed by atoms with van der Waals surface area (Å²) in [6.45, 7) is 4.40. The van der Waals surface area contributed by atoms with Crippen LogP contribution in [0.5, 0.6) is 0 Å². The van der Waals surface area contributed by atoms with Crippen LogP contribution in [-0.2, 0) is 9.59 Å². The third-order valence-electron chi connectivity index (χ3n) is 3.93. The molecule has 1 aliphatic rings. The lowest BCUT2D eigenvalue weighted by atomic mass is 9.86.